The number of thioether (sulfide) groups is 1. The fourth-order valence-corrected chi connectivity index (χ4v) is 4.60. The fraction of sp³-hybridized carbons (Fsp3) is 0.600. The zero-order chi connectivity index (χ0) is 18.6. The van der Waals surface area contributed by atoms with Gasteiger partial charge in [-0.2, -0.15) is 11.8 Å². The number of nitrogens with one attached hydrogen (secondary N) is 1. The lowest BCUT2D eigenvalue weighted by Crippen LogP contribution is -2.50. The summed E-state index contributed by atoms with van der Waals surface area (Å²) in [4.78, 5) is 21.0. The van der Waals surface area contributed by atoms with Gasteiger partial charge in [0.1, 0.15) is 0 Å². The van der Waals surface area contributed by atoms with E-state index in [1.165, 1.54) is 5.56 Å². The Morgan fingerprint density at radius 3 is 2.65 bits per heavy atom. The van der Waals surface area contributed by atoms with Gasteiger partial charge in [0.15, 0.2) is 5.96 Å². The SMILES string of the molecule is CCNC(=NCc1ccc(N2CCCC2=O)cc1)N1CCSC(C)(C)C1. The molecule has 0 bridgehead atoms. The van der Waals surface area contributed by atoms with Crippen LogP contribution >= 0.6 is 11.8 Å². The van der Waals surface area contributed by atoms with E-state index in [4.69, 9.17) is 4.99 Å². The summed E-state index contributed by atoms with van der Waals surface area (Å²) in [6.07, 6.45) is 1.63. The molecule has 5 nitrogen and oxygen atoms in total. The molecule has 0 radical (unpaired) electrons. The standard InChI is InChI=1S/C20H30N4OS/c1-4-21-19(23-12-13-26-20(2,3)15-23)22-14-16-7-9-17(10-8-16)24-11-5-6-18(24)25/h7-10H,4-6,11-15H2,1-3H3,(H,21,22). The van der Waals surface area contributed by atoms with Crippen molar-refractivity contribution in [3.8, 4) is 0 Å². The number of benzene rings is 1. The predicted molar refractivity (Wildman–Crippen MR) is 111 cm³/mol. The first-order chi connectivity index (χ1) is 12.5. The Hall–Kier alpha value is -1.69. The maximum atomic E-state index is 11.9. The topological polar surface area (TPSA) is 47.9 Å². The summed E-state index contributed by atoms with van der Waals surface area (Å²) in [7, 11) is 0. The molecule has 1 N–H and O–H groups in total. The van der Waals surface area contributed by atoms with Crippen LogP contribution < -0.4 is 10.2 Å². The summed E-state index contributed by atoms with van der Waals surface area (Å²) in [5.74, 6) is 2.37. The molecule has 2 aliphatic heterocycles. The third kappa shape index (κ3) is 4.72. The van der Waals surface area contributed by atoms with Crippen molar-refractivity contribution in [2.24, 2.45) is 4.99 Å². The van der Waals surface area contributed by atoms with E-state index in [2.05, 4.69) is 43.1 Å². The number of amides is 1. The highest BCUT2D eigenvalue weighted by molar-refractivity contribution is 8.00. The van der Waals surface area contributed by atoms with Gasteiger partial charge in [-0.05, 0) is 44.9 Å². The number of hydrogen-bond acceptors (Lipinski definition) is 3. The Balaban J connectivity index is 1.66. The summed E-state index contributed by atoms with van der Waals surface area (Å²) in [5.41, 5.74) is 2.17. The van der Waals surface area contributed by atoms with E-state index in [1.807, 2.05) is 28.8 Å². The van der Waals surface area contributed by atoms with Gasteiger partial charge in [-0.3, -0.25) is 4.79 Å². The van der Waals surface area contributed by atoms with Gasteiger partial charge < -0.3 is 15.1 Å². The molecule has 0 aliphatic carbocycles. The highest BCUT2D eigenvalue weighted by atomic mass is 32.2. The highest BCUT2D eigenvalue weighted by Crippen LogP contribution is 2.29. The largest absolute Gasteiger partial charge is 0.357 e. The molecule has 2 saturated heterocycles. The van der Waals surface area contributed by atoms with Crippen LogP contribution in [0.2, 0.25) is 0 Å². The Kier molecular flexibility index (Phi) is 6.12. The van der Waals surface area contributed by atoms with Gasteiger partial charge in [0.2, 0.25) is 5.91 Å². The number of hydrogen-bond donors (Lipinski definition) is 1. The molecule has 142 valence electrons. The third-order valence-corrected chi connectivity index (χ3v) is 6.09. The van der Waals surface area contributed by atoms with Crippen LogP contribution in [0.3, 0.4) is 0 Å². The van der Waals surface area contributed by atoms with Gasteiger partial charge in [0.25, 0.3) is 0 Å². The van der Waals surface area contributed by atoms with E-state index in [-0.39, 0.29) is 10.7 Å². The van der Waals surface area contributed by atoms with E-state index in [9.17, 15) is 4.79 Å². The van der Waals surface area contributed by atoms with Gasteiger partial charge in [-0.15, -0.1) is 0 Å². The first kappa shape index (κ1) is 19.1. The zero-order valence-corrected chi connectivity index (χ0v) is 16.9. The first-order valence-corrected chi connectivity index (χ1v) is 10.5. The predicted octanol–water partition coefficient (Wildman–Crippen LogP) is 3.11. The van der Waals surface area contributed by atoms with Crippen LogP contribution in [0.15, 0.2) is 29.3 Å². The Morgan fingerprint density at radius 2 is 2.04 bits per heavy atom. The van der Waals surface area contributed by atoms with Crippen molar-refractivity contribution in [2.75, 3.05) is 36.8 Å². The average Bonchev–Trinajstić information content (AvgIpc) is 3.04. The molecular weight excluding hydrogens is 344 g/mol. The Morgan fingerprint density at radius 1 is 1.27 bits per heavy atom. The minimum absolute atomic E-state index is 0.232. The second-order valence-electron chi connectivity index (χ2n) is 7.52. The second kappa shape index (κ2) is 8.33. The molecule has 0 spiro atoms. The second-order valence-corrected chi connectivity index (χ2v) is 9.32. The van der Waals surface area contributed by atoms with Crippen molar-refractivity contribution in [1.29, 1.82) is 0 Å². The van der Waals surface area contributed by atoms with E-state index in [0.29, 0.717) is 13.0 Å². The van der Waals surface area contributed by atoms with Crippen molar-refractivity contribution >= 4 is 29.3 Å². The molecule has 0 saturated carbocycles. The number of nitrogens with zero attached hydrogens (tertiary/aromatic N) is 3. The van der Waals surface area contributed by atoms with Crippen LogP contribution in [0, 0.1) is 0 Å². The van der Waals surface area contributed by atoms with Gasteiger partial charge in [0.05, 0.1) is 6.54 Å². The van der Waals surface area contributed by atoms with Crippen molar-refractivity contribution in [3.05, 3.63) is 29.8 Å². The summed E-state index contributed by atoms with van der Waals surface area (Å²) in [6.45, 7) is 11.1. The quantitative estimate of drug-likeness (QED) is 0.650. The summed E-state index contributed by atoms with van der Waals surface area (Å²) in [6, 6.07) is 8.26. The average molecular weight is 375 g/mol. The number of anilines is 1. The van der Waals surface area contributed by atoms with Crippen LogP contribution in [-0.2, 0) is 11.3 Å². The number of aliphatic imine (C=N–C) groups is 1. The van der Waals surface area contributed by atoms with Crippen LogP contribution in [0.4, 0.5) is 5.69 Å². The molecule has 1 aromatic carbocycles. The molecule has 2 fully saturated rings. The van der Waals surface area contributed by atoms with Crippen LogP contribution in [0.1, 0.15) is 39.2 Å². The van der Waals surface area contributed by atoms with Crippen molar-refractivity contribution < 1.29 is 4.79 Å². The third-order valence-electron chi connectivity index (χ3n) is 4.79. The molecule has 0 aromatic heterocycles. The zero-order valence-electron chi connectivity index (χ0n) is 16.1. The summed E-state index contributed by atoms with van der Waals surface area (Å²) < 4.78 is 0.262. The Bertz CT molecular complexity index is 656. The number of carbonyl (C=O) groups excluding carboxylic acids is 1. The first-order valence-electron chi connectivity index (χ1n) is 9.55. The van der Waals surface area contributed by atoms with Crippen LogP contribution in [0.25, 0.3) is 0 Å². The van der Waals surface area contributed by atoms with Crippen molar-refractivity contribution in [2.45, 2.75) is 44.9 Å². The van der Waals surface area contributed by atoms with Crippen LogP contribution in [0.5, 0.6) is 0 Å². The number of rotatable bonds is 4. The van der Waals surface area contributed by atoms with E-state index >= 15 is 0 Å². The molecule has 0 atom stereocenters. The van der Waals surface area contributed by atoms with E-state index in [0.717, 1.165) is 50.0 Å². The van der Waals surface area contributed by atoms with Crippen LogP contribution in [-0.4, -0.2) is 53.4 Å². The minimum Gasteiger partial charge on any atom is -0.357 e. The molecule has 6 heteroatoms. The maximum absolute atomic E-state index is 11.9. The van der Waals surface area contributed by atoms with E-state index in [1.54, 1.807) is 0 Å². The normalized spacial score (nSPS) is 20.6. The van der Waals surface area contributed by atoms with Gasteiger partial charge >= 0.3 is 0 Å². The summed E-state index contributed by atoms with van der Waals surface area (Å²) in [5, 5.41) is 3.44. The van der Waals surface area contributed by atoms with Crippen molar-refractivity contribution in [1.82, 2.24) is 10.2 Å². The lowest BCUT2D eigenvalue weighted by molar-refractivity contribution is -0.117. The summed E-state index contributed by atoms with van der Waals surface area (Å²) >= 11 is 2.03. The molecule has 1 amide bonds. The number of guanidine groups is 1. The monoisotopic (exact) mass is 374 g/mol. The van der Waals surface area contributed by atoms with Gasteiger partial charge in [-0.1, -0.05) is 12.1 Å². The number of carbonyl (C=O) groups is 1. The molecule has 26 heavy (non-hydrogen) atoms. The smallest absolute Gasteiger partial charge is 0.227 e. The minimum atomic E-state index is 0.232. The molecule has 3 rings (SSSR count). The maximum Gasteiger partial charge on any atom is 0.227 e. The highest BCUT2D eigenvalue weighted by Gasteiger charge is 2.28. The molecule has 0 unspecified atom stereocenters. The molecule has 2 aliphatic rings. The molecular formula is C20H30N4OS. The fourth-order valence-electron chi connectivity index (χ4n) is 3.49. The molecule has 2 heterocycles. The van der Waals surface area contributed by atoms with Gasteiger partial charge in [-0.25, -0.2) is 4.99 Å². The molecule has 1 aromatic rings. The van der Waals surface area contributed by atoms with Gasteiger partial charge in [0, 0.05) is 48.8 Å². The lowest BCUT2D eigenvalue weighted by Gasteiger charge is -2.39. The van der Waals surface area contributed by atoms with E-state index < -0.39 is 0 Å². The lowest BCUT2D eigenvalue weighted by atomic mass is 10.2. The van der Waals surface area contributed by atoms with Crippen molar-refractivity contribution in [3.63, 3.8) is 0 Å². The Labute approximate surface area is 161 Å².